The van der Waals surface area contributed by atoms with Gasteiger partial charge in [0.05, 0.1) is 11.4 Å². The standard InChI is InChI=1S/C17H13ClFN3O2S/c1-10-3-2-4-11(7-10)16-21-22-17(24-16)25-9-15(23)20-14-8-12(18)5-6-13(14)19/h2-8H,9H2,1H3,(H,20,23). The van der Waals surface area contributed by atoms with Crippen LogP contribution in [0.15, 0.2) is 52.1 Å². The molecular formula is C17H13ClFN3O2S. The number of thioether (sulfide) groups is 1. The minimum Gasteiger partial charge on any atom is -0.411 e. The molecule has 0 saturated carbocycles. The number of carbonyl (C=O) groups is 1. The Labute approximate surface area is 152 Å². The second-order valence-corrected chi connectivity index (χ2v) is 6.57. The molecule has 128 valence electrons. The third-order valence-corrected chi connectivity index (χ3v) is 4.25. The van der Waals surface area contributed by atoms with Crippen LogP contribution in [0.3, 0.4) is 0 Å². The first-order chi connectivity index (χ1) is 12.0. The van der Waals surface area contributed by atoms with Gasteiger partial charge in [0, 0.05) is 10.6 Å². The molecule has 1 heterocycles. The molecule has 3 rings (SSSR count). The summed E-state index contributed by atoms with van der Waals surface area (Å²) in [6.07, 6.45) is 0. The maximum atomic E-state index is 13.6. The second-order valence-electron chi connectivity index (χ2n) is 5.20. The highest BCUT2D eigenvalue weighted by atomic mass is 35.5. The van der Waals surface area contributed by atoms with Crippen molar-refractivity contribution in [1.29, 1.82) is 0 Å². The van der Waals surface area contributed by atoms with Gasteiger partial charge in [-0.3, -0.25) is 4.79 Å². The van der Waals surface area contributed by atoms with E-state index in [2.05, 4.69) is 15.5 Å². The van der Waals surface area contributed by atoms with Crippen molar-refractivity contribution in [3.8, 4) is 11.5 Å². The van der Waals surface area contributed by atoms with Gasteiger partial charge in [0.1, 0.15) is 5.82 Å². The molecule has 1 aromatic heterocycles. The van der Waals surface area contributed by atoms with Crippen LogP contribution in [0.2, 0.25) is 5.02 Å². The molecule has 0 fully saturated rings. The lowest BCUT2D eigenvalue weighted by molar-refractivity contribution is -0.113. The third kappa shape index (κ3) is 4.58. The molecular weight excluding hydrogens is 365 g/mol. The SMILES string of the molecule is Cc1cccc(-c2nnc(SCC(=O)Nc3cc(Cl)ccc3F)o2)c1. The number of rotatable bonds is 5. The molecule has 0 spiro atoms. The third-order valence-electron chi connectivity index (χ3n) is 3.20. The molecule has 5 nitrogen and oxygen atoms in total. The highest BCUT2D eigenvalue weighted by Crippen LogP contribution is 2.24. The van der Waals surface area contributed by atoms with E-state index in [4.69, 9.17) is 16.0 Å². The summed E-state index contributed by atoms with van der Waals surface area (Å²) in [6, 6.07) is 11.6. The molecule has 25 heavy (non-hydrogen) atoms. The second kappa shape index (κ2) is 7.67. The van der Waals surface area contributed by atoms with Gasteiger partial charge in [0.25, 0.3) is 5.22 Å². The van der Waals surface area contributed by atoms with Crippen molar-refractivity contribution in [2.75, 3.05) is 11.1 Å². The van der Waals surface area contributed by atoms with Crippen molar-refractivity contribution in [2.45, 2.75) is 12.1 Å². The predicted molar refractivity (Wildman–Crippen MR) is 95.2 cm³/mol. The van der Waals surface area contributed by atoms with E-state index in [0.29, 0.717) is 10.9 Å². The molecule has 2 aromatic carbocycles. The average molecular weight is 378 g/mol. The van der Waals surface area contributed by atoms with Gasteiger partial charge in [0.15, 0.2) is 0 Å². The van der Waals surface area contributed by atoms with Crippen LogP contribution >= 0.6 is 23.4 Å². The number of anilines is 1. The number of aromatic nitrogens is 2. The highest BCUT2D eigenvalue weighted by Gasteiger charge is 2.13. The van der Waals surface area contributed by atoms with Crippen LogP contribution in [0.25, 0.3) is 11.5 Å². The van der Waals surface area contributed by atoms with E-state index in [-0.39, 0.29) is 16.7 Å². The van der Waals surface area contributed by atoms with Gasteiger partial charge < -0.3 is 9.73 Å². The normalized spacial score (nSPS) is 10.7. The van der Waals surface area contributed by atoms with Crippen molar-refractivity contribution in [1.82, 2.24) is 10.2 Å². The highest BCUT2D eigenvalue weighted by molar-refractivity contribution is 7.99. The van der Waals surface area contributed by atoms with Crippen LogP contribution in [0.5, 0.6) is 0 Å². The number of halogens is 2. The van der Waals surface area contributed by atoms with Crippen LogP contribution in [-0.4, -0.2) is 21.9 Å². The number of hydrogen-bond donors (Lipinski definition) is 1. The van der Waals surface area contributed by atoms with E-state index in [1.807, 2.05) is 31.2 Å². The largest absolute Gasteiger partial charge is 0.411 e. The Kier molecular flexibility index (Phi) is 5.35. The summed E-state index contributed by atoms with van der Waals surface area (Å²) in [5.41, 5.74) is 1.92. The molecule has 0 aliphatic carbocycles. The van der Waals surface area contributed by atoms with Gasteiger partial charge in [-0.15, -0.1) is 10.2 Å². The van der Waals surface area contributed by atoms with Crippen LogP contribution in [0, 0.1) is 12.7 Å². The fraction of sp³-hybridized carbons (Fsp3) is 0.118. The van der Waals surface area contributed by atoms with E-state index >= 15 is 0 Å². The zero-order chi connectivity index (χ0) is 17.8. The number of nitrogens with zero attached hydrogens (tertiary/aromatic N) is 2. The summed E-state index contributed by atoms with van der Waals surface area (Å²) in [5.74, 6) is -0.572. The number of aryl methyl sites for hydroxylation is 1. The Balaban J connectivity index is 1.60. The molecule has 0 bridgehead atoms. The summed E-state index contributed by atoms with van der Waals surface area (Å²) in [6.45, 7) is 1.97. The molecule has 1 amide bonds. The van der Waals surface area contributed by atoms with Gasteiger partial charge in [-0.25, -0.2) is 4.39 Å². The van der Waals surface area contributed by atoms with Gasteiger partial charge in [-0.05, 0) is 37.3 Å². The van der Waals surface area contributed by atoms with E-state index in [0.717, 1.165) is 22.9 Å². The first-order valence-corrected chi connectivity index (χ1v) is 8.66. The van der Waals surface area contributed by atoms with Crippen LogP contribution in [0.4, 0.5) is 10.1 Å². The minimum atomic E-state index is -0.553. The average Bonchev–Trinajstić information content (AvgIpc) is 3.05. The van der Waals surface area contributed by atoms with Crippen LogP contribution in [0.1, 0.15) is 5.56 Å². The van der Waals surface area contributed by atoms with E-state index < -0.39 is 11.7 Å². The van der Waals surface area contributed by atoms with Gasteiger partial charge >= 0.3 is 0 Å². The topological polar surface area (TPSA) is 68.0 Å². The fourth-order valence-corrected chi connectivity index (χ4v) is 2.80. The number of hydrogen-bond acceptors (Lipinski definition) is 5. The Morgan fingerprint density at radius 1 is 1.28 bits per heavy atom. The Morgan fingerprint density at radius 3 is 2.92 bits per heavy atom. The number of amides is 1. The smallest absolute Gasteiger partial charge is 0.277 e. The molecule has 8 heteroatoms. The van der Waals surface area contributed by atoms with Crippen LogP contribution < -0.4 is 5.32 Å². The molecule has 0 saturated heterocycles. The van der Waals surface area contributed by atoms with Crippen molar-refractivity contribution in [3.63, 3.8) is 0 Å². The maximum Gasteiger partial charge on any atom is 0.277 e. The van der Waals surface area contributed by atoms with E-state index in [1.54, 1.807) is 0 Å². The molecule has 0 radical (unpaired) electrons. The Morgan fingerprint density at radius 2 is 2.12 bits per heavy atom. The molecule has 0 aliphatic rings. The Hall–Kier alpha value is -2.38. The van der Waals surface area contributed by atoms with Crippen molar-refractivity contribution >= 4 is 35.0 Å². The van der Waals surface area contributed by atoms with E-state index in [1.165, 1.54) is 18.2 Å². The van der Waals surface area contributed by atoms with Gasteiger partial charge in [-0.2, -0.15) is 0 Å². The summed E-state index contributed by atoms with van der Waals surface area (Å²) in [5, 5.41) is 10.9. The molecule has 0 aliphatic heterocycles. The summed E-state index contributed by atoms with van der Waals surface area (Å²) < 4.78 is 19.1. The molecule has 0 unspecified atom stereocenters. The summed E-state index contributed by atoms with van der Waals surface area (Å²) >= 11 is 6.86. The lowest BCUT2D eigenvalue weighted by Crippen LogP contribution is -2.15. The maximum absolute atomic E-state index is 13.6. The lowest BCUT2D eigenvalue weighted by Gasteiger charge is -2.05. The first kappa shape index (κ1) is 17.4. The van der Waals surface area contributed by atoms with Crippen molar-refractivity contribution in [3.05, 3.63) is 58.9 Å². The zero-order valence-corrected chi connectivity index (χ0v) is 14.7. The van der Waals surface area contributed by atoms with Crippen LogP contribution in [-0.2, 0) is 4.79 Å². The van der Waals surface area contributed by atoms with Gasteiger partial charge in [-0.1, -0.05) is 41.1 Å². The van der Waals surface area contributed by atoms with Crippen molar-refractivity contribution in [2.24, 2.45) is 0 Å². The summed E-state index contributed by atoms with van der Waals surface area (Å²) in [4.78, 5) is 11.9. The zero-order valence-electron chi connectivity index (χ0n) is 13.1. The fourth-order valence-electron chi connectivity index (χ4n) is 2.07. The number of carbonyl (C=O) groups excluding carboxylic acids is 1. The van der Waals surface area contributed by atoms with Crippen molar-refractivity contribution < 1.29 is 13.6 Å². The lowest BCUT2D eigenvalue weighted by atomic mass is 10.1. The minimum absolute atomic E-state index is 0.00139. The molecule has 3 aromatic rings. The predicted octanol–water partition coefficient (Wildman–Crippen LogP) is 4.57. The molecule has 1 N–H and O–H groups in total. The first-order valence-electron chi connectivity index (χ1n) is 7.29. The molecule has 0 atom stereocenters. The number of benzene rings is 2. The van der Waals surface area contributed by atoms with E-state index in [9.17, 15) is 9.18 Å². The van der Waals surface area contributed by atoms with Gasteiger partial charge in [0.2, 0.25) is 11.8 Å². The summed E-state index contributed by atoms with van der Waals surface area (Å²) in [7, 11) is 0. The Bertz CT molecular complexity index is 916. The number of nitrogens with one attached hydrogen (secondary N) is 1. The quantitative estimate of drug-likeness (QED) is 0.660. The monoisotopic (exact) mass is 377 g/mol.